The van der Waals surface area contributed by atoms with E-state index in [-0.39, 0.29) is 0 Å². The number of methoxy groups -OCH3 is 3. The molecule has 0 radical (unpaired) electrons. The van der Waals surface area contributed by atoms with Crippen molar-refractivity contribution in [3.05, 3.63) is 55.6 Å². The third-order valence-corrected chi connectivity index (χ3v) is 6.95. The van der Waals surface area contributed by atoms with E-state index >= 15 is 0 Å². The molecule has 0 saturated carbocycles. The van der Waals surface area contributed by atoms with Gasteiger partial charge in [-0.2, -0.15) is 4.99 Å². The molecule has 0 unspecified atom stereocenters. The Balaban J connectivity index is 2.17. The minimum absolute atomic E-state index is 0.341. The number of hydrogen-bond donors (Lipinski definition) is 0. The molecule has 1 heterocycles. The molecule has 0 fully saturated rings. The van der Waals surface area contributed by atoms with Crippen LogP contribution < -0.4 is 19.0 Å². The Hall–Kier alpha value is -2.48. The number of rotatable bonds is 8. The minimum atomic E-state index is -0.401. The Morgan fingerprint density at radius 2 is 1.67 bits per heavy atom. The van der Waals surface area contributed by atoms with Crippen LogP contribution in [0.1, 0.15) is 35.5 Å². The largest absolute Gasteiger partial charge is 0.493 e. The summed E-state index contributed by atoms with van der Waals surface area (Å²) >= 11 is 13.9. The fraction of sp³-hybridized carbons (Fsp3) is 0.333. The van der Waals surface area contributed by atoms with Crippen molar-refractivity contribution in [3.63, 3.8) is 0 Å². The predicted molar refractivity (Wildman–Crippen MR) is 133 cm³/mol. The maximum atomic E-state index is 13.2. The van der Waals surface area contributed by atoms with Crippen LogP contribution in [0.2, 0.25) is 10.0 Å². The molecule has 0 saturated heterocycles. The summed E-state index contributed by atoms with van der Waals surface area (Å²) in [5.74, 6) is 0.811. The van der Waals surface area contributed by atoms with Crippen molar-refractivity contribution < 1.29 is 19.0 Å². The quantitative estimate of drug-likeness (QED) is 0.360. The van der Waals surface area contributed by atoms with Crippen LogP contribution in [-0.4, -0.2) is 31.8 Å². The lowest BCUT2D eigenvalue weighted by molar-refractivity contribution is 0.0997. The number of carbonyl (C=O) groups excluding carboxylic acids is 1. The van der Waals surface area contributed by atoms with Gasteiger partial charge in [-0.1, -0.05) is 42.6 Å². The van der Waals surface area contributed by atoms with Crippen LogP contribution in [0.25, 0.3) is 11.3 Å². The second kappa shape index (κ2) is 11.1. The summed E-state index contributed by atoms with van der Waals surface area (Å²) in [7, 11) is 4.53. The van der Waals surface area contributed by atoms with Gasteiger partial charge in [0, 0.05) is 22.5 Å². The first kappa shape index (κ1) is 25.1. The molecule has 0 aliphatic carbocycles. The van der Waals surface area contributed by atoms with Gasteiger partial charge >= 0.3 is 0 Å². The van der Waals surface area contributed by atoms with Gasteiger partial charge in [0.15, 0.2) is 16.3 Å². The fourth-order valence-corrected chi connectivity index (χ4v) is 5.16. The number of aryl methyl sites for hydroxylation is 1. The summed E-state index contributed by atoms with van der Waals surface area (Å²) in [5.41, 5.74) is 2.28. The highest BCUT2D eigenvalue weighted by Crippen LogP contribution is 2.38. The molecule has 3 aromatic rings. The summed E-state index contributed by atoms with van der Waals surface area (Å²) in [4.78, 5) is 19.4. The molecule has 0 aliphatic heterocycles. The van der Waals surface area contributed by atoms with E-state index in [1.54, 1.807) is 18.2 Å². The Kier molecular flexibility index (Phi) is 8.46. The second-order valence-corrected chi connectivity index (χ2v) is 8.99. The van der Waals surface area contributed by atoms with E-state index in [0.29, 0.717) is 44.2 Å². The Labute approximate surface area is 207 Å². The van der Waals surface area contributed by atoms with Crippen LogP contribution in [-0.2, 0) is 13.0 Å². The van der Waals surface area contributed by atoms with Gasteiger partial charge in [0.1, 0.15) is 0 Å². The van der Waals surface area contributed by atoms with E-state index in [2.05, 4.69) is 11.9 Å². The monoisotopic (exact) mass is 508 g/mol. The molecule has 0 N–H and O–H groups in total. The van der Waals surface area contributed by atoms with Gasteiger partial charge in [-0.15, -0.1) is 11.3 Å². The van der Waals surface area contributed by atoms with Crippen LogP contribution in [0.3, 0.4) is 0 Å². The van der Waals surface area contributed by atoms with Crippen molar-refractivity contribution in [3.8, 4) is 28.5 Å². The third-order valence-electron chi connectivity index (χ3n) is 5.07. The van der Waals surface area contributed by atoms with E-state index in [4.69, 9.17) is 37.4 Å². The van der Waals surface area contributed by atoms with E-state index in [1.807, 2.05) is 23.6 Å². The highest BCUT2D eigenvalue weighted by atomic mass is 35.5. The third kappa shape index (κ3) is 5.21. The summed E-state index contributed by atoms with van der Waals surface area (Å²) < 4.78 is 18.1. The average molecular weight is 509 g/mol. The number of benzene rings is 2. The smallest absolute Gasteiger partial charge is 0.279 e. The zero-order chi connectivity index (χ0) is 24.1. The van der Waals surface area contributed by atoms with Gasteiger partial charge < -0.3 is 18.8 Å². The first-order valence-electron chi connectivity index (χ1n) is 10.4. The maximum Gasteiger partial charge on any atom is 0.279 e. The van der Waals surface area contributed by atoms with Gasteiger partial charge in [0.05, 0.1) is 37.1 Å². The minimum Gasteiger partial charge on any atom is -0.493 e. The molecule has 9 heteroatoms. The lowest BCUT2D eigenvalue weighted by atomic mass is 10.1. The number of nitrogens with zero attached hydrogens (tertiary/aromatic N) is 2. The van der Waals surface area contributed by atoms with Crippen molar-refractivity contribution in [2.45, 2.75) is 33.2 Å². The van der Waals surface area contributed by atoms with Crippen molar-refractivity contribution in [2.24, 2.45) is 4.99 Å². The molecule has 1 amide bonds. The van der Waals surface area contributed by atoms with Crippen LogP contribution >= 0.6 is 34.5 Å². The molecule has 6 nitrogen and oxygen atoms in total. The van der Waals surface area contributed by atoms with Crippen LogP contribution in [0, 0.1) is 0 Å². The zero-order valence-electron chi connectivity index (χ0n) is 19.2. The molecular formula is C24H26Cl2N2O4S. The van der Waals surface area contributed by atoms with Gasteiger partial charge in [-0.3, -0.25) is 4.79 Å². The van der Waals surface area contributed by atoms with Crippen LogP contribution in [0.15, 0.2) is 35.3 Å². The highest BCUT2D eigenvalue weighted by molar-refractivity contribution is 7.09. The number of thiazole rings is 1. The summed E-state index contributed by atoms with van der Waals surface area (Å²) in [6.07, 6.45) is 1.81. The van der Waals surface area contributed by atoms with E-state index in [9.17, 15) is 4.79 Å². The second-order valence-electron chi connectivity index (χ2n) is 7.11. The van der Waals surface area contributed by atoms with Crippen LogP contribution in [0.5, 0.6) is 17.2 Å². The van der Waals surface area contributed by atoms with Gasteiger partial charge in [-0.25, -0.2) is 0 Å². The van der Waals surface area contributed by atoms with Crippen molar-refractivity contribution in [2.75, 3.05) is 21.3 Å². The normalized spacial score (nSPS) is 11.5. The molecule has 1 aromatic heterocycles. The maximum absolute atomic E-state index is 13.2. The zero-order valence-corrected chi connectivity index (χ0v) is 21.5. The molecule has 3 rings (SSSR count). The average Bonchev–Trinajstić information content (AvgIpc) is 3.16. The number of halogens is 2. The molecule has 0 atom stereocenters. The van der Waals surface area contributed by atoms with Gasteiger partial charge in [0.25, 0.3) is 5.91 Å². The van der Waals surface area contributed by atoms with Crippen molar-refractivity contribution in [1.29, 1.82) is 0 Å². The van der Waals surface area contributed by atoms with E-state index < -0.39 is 5.91 Å². The van der Waals surface area contributed by atoms with E-state index in [1.165, 1.54) is 32.7 Å². The number of carbonyl (C=O) groups is 1. The Morgan fingerprint density at radius 1 is 1.00 bits per heavy atom. The number of amides is 1. The fourth-order valence-electron chi connectivity index (χ4n) is 3.55. The Morgan fingerprint density at radius 3 is 2.18 bits per heavy atom. The van der Waals surface area contributed by atoms with Crippen LogP contribution in [0.4, 0.5) is 0 Å². The van der Waals surface area contributed by atoms with Gasteiger partial charge in [-0.05, 0) is 37.6 Å². The molecular weight excluding hydrogens is 483 g/mol. The first-order chi connectivity index (χ1) is 15.9. The van der Waals surface area contributed by atoms with Gasteiger partial charge in [0.2, 0.25) is 5.75 Å². The molecule has 33 heavy (non-hydrogen) atoms. The standard InChI is InChI=1S/C24H26Cl2N2O4S/c1-6-8-20-21(14-9-10-16(25)17(26)11-14)28(7-2)24(33-20)27-23(29)15-12-18(30-3)22(32-5)19(13-15)31-4/h9-13H,6-8H2,1-5H3. The van der Waals surface area contributed by atoms with Crippen molar-refractivity contribution >= 4 is 40.4 Å². The van der Waals surface area contributed by atoms with E-state index in [0.717, 1.165) is 29.0 Å². The molecule has 0 spiro atoms. The lowest BCUT2D eigenvalue weighted by Crippen LogP contribution is -2.17. The van der Waals surface area contributed by atoms with Crippen molar-refractivity contribution in [1.82, 2.24) is 4.57 Å². The number of aromatic nitrogens is 1. The lowest BCUT2D eigenvalue weighted by Gasteiger charge is -2.13. The topological polar surface area (TPSA) is 62.1 Å². The Bertz CT molecular complexity index is 1210. The summed E-state index contributed by atoms with van der Waals surface area (Å²) in [6.45, 7) is 4.77. The predicted octanol–water partition coefficient (Wildman–Crippen LogP) is 6.26. The SMILES string of the molecule is CCCc1sc(=NC(=O)c2cc(OC)c(OC)c(OC)c2)n(CC)c1-c1ccc(Cl)c(Cl)c1. The summed E-state index contributed by atoms with van der Waals surface area (Å²) in [5, 5.41) is 0.982. The molecule has 2 aromatic carbocycles. The molecule has 0 bridgehead atoms. The number of ether oxygens (including phenoxy) is 3. The molecule has 0 aliphatic rings. The number of hydrogen-bond acceptors (Lipinski definition) is 5. The summed E-state index contributed by atoms with van der Waals surface area (Å²) in [6, 6.07) is 8.77. The first-order valence-corrected chi connectivity index (χ1v) is 12.0. The highest BCUT2D eigenvalue weighted by Gasteiger charge is 2.19. The molecule has 176 valence electrons.